The lowest BCUT2D eigenvalue weighted by Gasteiger charge is -2.42. The van der Waals surface area contributed by atoms with Crippen molar-refractivity contribution >= 4 is 28.2 Å². The van der Waals surface area contributed by atoms with Crippen LogP contribution in [0.4, 0.5) is 11.5 Å². The van der Waals surface area contributed by atoms with Gasteiger partial charge >= 0.3 is 0 Å². The van der Waals surface area contributed by atoms with Crippen LogP contribution in [0.3, 0.4) is 0 Å². The molecule has 1 aliphatic carbocycles. The summed E-state index contributed by atoms with van der Waals surface area (Å²) in [4.78, 5) is 25.2. The Morgan fingerprint density at radius 3 is 2.55 bits per heavy atom. The van der Waals surface area contributed by atoms with Gasteiger partial charge < -0.3 is 9.80 Å². The number of piperazine rings is 1. The van der Waals surface area contributed by atoms with Gasteiger partial charge in [-0.15, -0.1) is 0 Å². The lowest BCUT2D eigenvalue weighted by atomic mass is 9.94. The molecule has 0 bridgehead atoms. The van der Waals surface area contributed by atoms with E-state index in [1.165, 1.54) is 29.2 Å². The number of nitrogens with zero attached hydrogens (tertiary/aromatic N) is 4. The second kappa shape index (κ2) is 8.79. The third-order valence-electron chi connectivity index (χ3n) is 7.59. The van der Waals surface area contributed by atoms with E-state index in [0.717, 1.165) is 57.1 Å². The second-order valence-electron chi connectivity index (χ2n) is 9.88. The number of benzene rings is 2. The molecule has 3 heterocycles. The van der Waals surface area contributed by atoms with Gasteiger partial charge in [0.2, 0.25) is 5.91 Å². The van der Waals surface area contributed by atoms with Crippen LogP contribution in [-0.2, 0) is 11.2 Å². The minimum absolute atomic E-state index is 0.272. The van der Waals surface area contributed by atoms with Crippen molar-refractivity contribution in [3.05, 3.63) is 66.4 Å². The van der Waals surface area contributed by atoms with Crippen LogP contribution in [0.1, 0.15) is 31.2 Å². The smallest absolute Gasteiger partial charge is 0.227 e. The van der Waals surface area contributed by atoms with Gasteiger partial charge in [-0.3, -0.25) is 9.69 Å². The third-order valence-corrected chi connectivity index (χ3v) is 7.59. The topological polar surface area (TPSA) is 39.7 Å². The lowest BCUT2D eigenvalue weighted by molar-refractivity contribution is -0.119. The molecule has 0 N–H and O–H groups in total. The molecule has 1 saturated carbocycles. The van der Waals surface area contributed by atoms with Crippen LogP contribution in [0.25, 0.3) is 10.8 Å². The summed E-state index contributed by atoms with van der Waals surface area (Å²) in [5.74, 6) is 2.04. The normalized spacial score (nSPS) is 21.3. The van der Waals surface area contributed by atoms with Gasteiger partial charge in [-0.05, 0) is 54.7 Å². The first kappa shape index (κ1) is 20.7. The average Bonchev–Trinajstić information content (AvgIpc) is 3.68. The van der Waals surface area contributed by atoms with Crippen LogP contribution >= 0.6 is 0 Å². The molecule has 2 fully saturated rings. The number of hydrogen-bond donors (Lipinski definition) is 0. The fourth-order valence-electron chi connectivity index (χ4n) is 5.58. The summed E-state index contributed by atoms with van der Waals surface area (Å²) >= 11 is 0. The summed E-state index contributed by atoms with van der Waals surface area (Å²) in [7, 11) is 0. The molecule has 1 unspecified atom stereocenters. The molecule has 5 nitrogen and oxygen atoms in total. The Labute approximate surface area is 196 Å². The standard InChI is InChI=1S/C28H32N4O/c33-27(19-21-9-10-21)32-24(12-11-23-6-2-4-8-26(23)32)20-30-15-17-31(18-16-30)28-25-7-3-1-5-22(25)13-14-29-28/h1-8,13-14,21,24H,9-12,15-20H2. The molecule has 2 aliphatic heterocycles. The Kier molecular flexibility index (Phi) is 5.50. The number of pyridine rings is 1. The monoisotopic (exact) mass is 440 g/mol. The van der Waals surface area contributed by atoms with E-state index in [1.54, 1.807) is 0 Å². The molecule has 5 heteroatoms. The largest absolute Gasteiger partial charge is 0.354 e. The van der Waals surface area contributed by atoms with E-state index in [2.05, 4.69) is 69.3 Å². The number of amides is 1. The zero-order valence-corrected chi connectivity index (χ0v) is 19.2. The molecule has 33 heavy (non-hydrogen) atoms. The summed E-state index contributed by atoms with van der Waals surface area (Å²) in [6, 6.07) is 19.4. The number of para-hydroxylation sites is 1. The molecule has 170 valence electrons. The molecular weight excluding hydrogens is 408 g/mol. The Hall–Kier alpha value is -2.92. The maximum atomic E-state index is 13.3. The average molecular weight is 441 g/mol. The number of aromatic nitrogens is 1. The number of carbonyl (C=O) groups excluding carboxylic acids is 1. The van der Waals surface area contributed by atoms with Gasteiger partial charge in [0, 0.05) is 62.5 Å². The highest BCUT2D eigenvalue weighted by Crippen LogP contribution is 2.37. The molecule has 3 aromatic rings. The van der Waals surface area contributed by atoms with E-state index < -0.39 is 0 Å². The Morgan fingerprint density at radius 2 is 1.70 bits per heavy atom. The van der Waals surface area contributed by atoms with Crippen molar-refractivity contribution in [3.8, 4) is 0 Å². The minimum atomic E-state index is 0.272. The van der Waals surface area contributed by atoms with Gasteiger partial charge in [-0.2, -0.15) is 0 Å². The summed E-state index contributed by atoms with van der Waals surface area (Å²) in [5.41, 5.74) is 2.47. The van der Waals surface area contributed by atoms with Crippen molar-refractivity contribution in [3.63, 3.8) is 0 Å². The van der Waals surface area contributed by atoms with Crippen molar-refractivity contribution in [1.82, 2.24) is 9.88 Å². The van der Waals surface area contributed by atoms with Crippen LogP contribution in [0.5, 0.6) is 0 Å². The SMILES string of the molecule is O=C(CC1CC1)N1c2ccccc2CCC1CN1CCN(c2nccc3ccccc23)CC1. The molecule has 0 spiro atoms. The summed E-state index contributed by atoms with van der Waals surface area (Å²) in [6.45, 7) is 4.92. The fraction of sp³-hybridized carbons (Fsp3) is 0.429. The molecule has 0 radical (unpaired) electrons. The summed E-state index contributed by atoms with van der Waals surface area (Å²) < 4.78 is 0. The lowest BCUT2D eigenvalue weighted by Crippen LogP contribution is -2.54. The van der Waals surface area contributed by atoms with Gasteiger partial charge in [0.15, 0.2) is 0 Å². The Morgan fingerprint density at radius 1 is 0.909 bits per heavy atom. The number of fused-ring (bicyclic) bond motifs is 2. The molecule has 6 rings (SSSR count). The van der Waals surface area contributed by atoms with Crippen molar-refractivity contribution in [1.29, 1.82) is 0 Å². The zero-order chi connectivity index (χ0) is 22.2. The highest BCUT2D eigenvalue weighted by Gasteiger charge is 2.35. The van der Waals surface area contributed by atoms with E-state index in [0.29, 0.717) is 18.2 Å². The molecule has 1 aromatic heterocycles. The van der Waals surface area contributed by atoms with Crippen molar-refractivity contribution in [2.75, 3.05) is 42.5 Å². The van der Waals surface area contributed by atoms with E-state index >= 15 is 0 Å². The van der Waals surface area contributed by atoms with Crippen molar-refractivity contribution in [2.45, 2.75) is 38.1 Å². The first-order chi connectivity index (χ1) is 16.3. The first-order valence-corrected chi connectivity index (χ1v) is 12.5. The highest BCUT2D eigenvalue weighted by atomic mass is 16.2. The number of aryl methyl sites for hydroxylation is 1. The third kappa shape index (κ3) is 4.22. The van der Waals surface area contributed by atoms with E-state index in [4.69, 9.17) is 4.98 Å². The molecule has 3 aliphatic rings. The molecule has 1 saturated heterocycles. The number of carbonyl (C=O) groups is 1. The zero-order valence-electron chi connectivity index (χ0n) is 19.2. The van der Waals surface area contributed by atoms with E-state index in [1.807, 2.05) is 6.20 Å². The molecular formula is C28H32N4O. The molecule has 1 amide bonds. The van der Waals surface area contributed by atoms with Crippen molar-refractivity contribution < 1.29 is 4.79 Å². The van der Waals surface area contributed by atoms with Gasteiger partial charge in [0.1, 0.15) is 5.82 Å². The predicted molar refractivity (Wildman–Crippen MR) is 134 cm³/mol. The quantitative estimate of drug-likeness (QED) is 0.586. The number of anilines is 2. The van der Waals surface area contributed by atoms with Gasteiger partial charge in [-0.25, -0.2) is 4.98 Å². The van der Waals surface area contributed by atoms with Crippen LogP contribution < -0.4 is 9.80 Å². The molecule has 1 atom stereocenters. The Balaban J connectivity index is 1.16. The minimum Gasteiger partial charge on any atom is -0.354 e. The fourth-order valence-corrected chi connectivity index (χ4v) is 5.58. The maximum Gasteiger partial charge on any atom is 0.227 e. The van der Waals surface area contributed by atoms with Crippen LogP contribution in [0.15, 0.2) is 60.8 Å². The highest BCUT2D eigenvalue weighted by molar-refractivity contribution is 5.95. The van der Waals surface area contributed by atoms with E-state index in [-0.39, 0.29) is 6.04 Å². The predicted octanol–water partition coefficient (Wildman–Crippen LogP) is 4.50. The Bertz CT molecular complexity index is 1140. The van der Waals surface area contributed by atoms with Crippen molar-refractivity contribution in [2.24, 2.45) is 5.92 Å². The summed E-state index contributed by atoms with van der Waals surface area (Å²) in [5, 5.41) is 2.48. The van der Waals surface area contributed by atoms with Crippen LogP contribution in [-0.4, -0.2) is 54.6 Å². The van der Waals surface area contributed by atoms with Gasteiger partial charge in [0.25, 0.3) is 0 Å². The van der Waals surface area contributed by atoms with Crippen LogP contribution in [0, 0.1) is 5.92 Å². The van der Waals surface area contributed by atoms with Gasteiger partial charge in [0.05, 0.1) is 0 Å². The number of rotatable bonds is 5. The summed E-state index contributed by atoms with van der Waals surface area (Å²) in [6.07, 6.45) is 7.19. The maximum absolute atomic E-state index is 13.3. The first-order valence-electron chi connectivity index (χ1n) is 12.5. The van der Waals surface area contributed by atoms with Gasteiger partial charge in [-0.1, -0.05) is 42.5 Å². The molecule has 2 aromatic carbocycles. The number of hydrogen-bond acceptors (Lipinski definition) is 4. The second-order valence-corrected chi connectivity index (χ2v) is 9.88. The van der Waals surface area contributed by atoms with E-state index in [9.17, 15) is 4.79 Å². The van der Waals surface area contributed by atoms with Crippen LogP contribution in [0.2, 0.25) is 0 Å².